The van der Waals surface area contributed by atoms with Gasteiger partial charge in [-0.2, -0.15) is 0 Å². The van der Waals surface area contributed by atoms with Gasteiger partial charge in [-0.25, -0.2) is 9.59 Å². The number of benzene rings is 3. The molecule has 246 valence electrons. The molecule has 0 saturated carbocycles. The van der Waals surface area contributed by atoms with E-state index in [0.717, 1.165) is 11.1 Å². The molecule has 0 aromatic heterocycles. The van der Waals surface area contributed by atoms with Gasteiger partial charge in [0.15, 0.2) is 6.04 Å². The number of anilines is 1. The lowest BCUT2D eigenvalue weighted by molar-refractivity contribution is -0.144. The number of urea groups is 1. The lowest BCUT2D eigenvalue weighted by Gasteiger charge is -2.34. The molecule has 1 aliphatic rings. The van der Waals surface area contributed by atoms with Crippen LogP contribution in [-0.2, 0) is 32.3 Å². The first-order valence-corrected chi connectivity index (χ1v) is 14.9. The Balaban J connectivity index is 1.21. The van der Waals surface area contributed by atoms with Crippen molar-refractivity contribution in [2.45, 2.75) is 25.7 Å². The highest BCUT2D eigenvalue weighted by Gasteiger charge is 2.30. The monoisotopic (exact) mass is 643 g/mol. The average Bonchev–Trinajstić information content (AvgIpc) is 3.09. The van der Waals surface area contributed by atoms with Crippen molar-refractivity contribution in [1.29, 1.82) is 5.41 Å². The molecule has 0 radical (unpaired) electrons. The van der Waals surface area contributed by atoms with Gasteiger partial charge in [0.2, 0.25) is 0 Å². The summed E-state index contributed by atoms with van der Waals surface area (Å²) in [4.78, 5) is 65.9. The summed E-state index contributed by atoms with van der Waals surface area (Å²) in [6, 6.07) is 22.4. The molecule has 0 aliphatic carbocycles. The molecular weight excluding hydrogens is 606 g/mol. The van der Waals surface area contributed by atoms with Gasteiger partial charge < -0.3 is 41.0 Å². The van der Waals surface area contributed by atoms with Gasteiger partial charge in [0.1, 0.15) is 19.0 Å². The molecule has 4 rings (SSSR count). The number of nitrogens with two attached hydrogens (primary N) is 1. The Morgan fingerprint density at radius 1 is 0.787 bits per heavy atom. The Bertz CT molecular complexity index is 1560. The first-order chi connectivity index (χ1) is 22.7. The second kappa shape index (κ2) is 17.0. The summed E-state index contributed by atoms with van der Waals surface area (Å²) in [6.07, 6.45) is -0.519. The van der Waals surface area contributed by atoms with Crippen LogP contribution in [0.2, 0.25) is 0 Å². The van der Waals surface area contributed by atoms with Gasteiger partial charge in [-0.3, -0.25) is 19.8 Å². The predicted molar refractivity (Wildman–Crippen MR) is 172 cm³/mol. The van der Waals surface area contributed by atoms with Crippen molar-refractivity contribution >= 4 is 41.4 Å². The zero-order valence-electron chi connectivity index (χ0n) is 25.6. The molecule has 1 fully saturated rings. The molecule has 0 bridgehead atoms. The minimum atomic E-state index is -1.49. The van der Waals surface area contributed by atoms with E-state index < -0.39 is 41.8 Å². The van der Waals surface area contributed by atoms with E-state index in [1.54, 1.807) is 6.07 Å². The van der Waals surface area contributed by atoms with Gasteiger partial charge in [0, 0.05) is 44.0 Å². The van der Waals surface area contributed by atoms with Gasteiger partial charge in [0.05, 0.1) is 6.42 Å². The highest BCUT2D eigenvalue weighted by atomic mass is 16.6. The summed E-state index contributed by atoms with van der Waals surface area (Å²) in [5.41, 5.74) is 7.80. The van der Waals surface area contributed by atoms with E-state index in [2.05, 4.69) is 16.0 Å². The number of rotatable bonds is 12. The van der Waals surface area contributed by atoms with Crippen molar-refractivity contribution in [3.05, 3.63) is 102 Å². The molecule has 3 aromatic carbocycles. The molecule has 1 saturated heterocycles. The number of piperazine rings is 1. The van der Waals surface area contributed by atoms with Crippen LogP contribution in [0.1, 0.15) is 27.9 Å². The molecule has 1 unspecified atom stereocenters. The molecule has 1 atom stereocenters. The summed E-state index contributed by atoms with van der Waals surface area (Å²) in [6.45, 7) is 1.13. The number of amidine groups is 1. The molecule has 6 N–H and O–H groups in total. The van der Waals surface area contributed by atoms with Crippen LogP contribution in [0.25, 0.3) is 0 Å². The summed E-state index contributed by atoms with van der Waals surface area (Å²) in [5.74, 6) is -2.31. The molecule has 0 spiro atoms. The maximum absolute atomic E-state index is 13.0. The second-order valence-corrected chi connectivity index (χ2v) is 10.6. The predicted octanol–water partition coefficient (Wildman–Crippen LogP) is 2.46. The zero-order chi connectivity index (χ0) is 33.6. The van der Waals surface area contributed by atoms with E-state index in [4.69, 9.17) is 20.6 Å². The summed E-state index contributed by atoms with van der Waals surface area (Å²) >= 11 is 0. The third kappa shape index (κ3) is 10.6. The van der Waals surface area contributed by atoms with Crippen LogP contribution >= 0.6 is 0 Å². The first-order valence-electron chi connectivity index (χ1n) is 14.9. The Hall–Kier alpha value is -5.92. The van der Waals surface area contributed by atoms with Crippen LogP contribution in [0.3, 0.4) is 0 Å². The third-order valence-corrected chi connectivity index (χ3v) is 7.12. The van der Waals surface area contributed by atoms with Crippen molar-refractivity contribution in [3.8, 4) is 0 Å². The van der Waals surface area contributed by atoms with Crippen molar-refractivity contribution in [1.82, 2.24) is 20.4 Å². The molecule has 1 aliphatic heterocycles. The molecule has 14 nitrogen and oxygen atoms in total. The minimum absolute atomic E-state index is 0.0254. The molecule has 14 heteroatoms. The Kier molecular flexibility index (Phi) is 12.3. The maximum Gasteiger partial charge on any atom is 0.410 e. The maximum atomic E-state index is 13.0. The highest BCUT2D eigenvalue weighted by molar-refractivity contribution is 6.12. The smallest absolute Gasteiger partial charge is 0.410 e. The number of esters is 1. The number of nitrogens with zero attached hydrogens (tertiary/aromatic N) is 2. The van der Waals surface area contributed by atoms with Crippen LogP contribution in [0.15, 0.2) is 84.9 Å². The second-order valence-electron chi connectivity index (χ2n) is 10.6. The first kappa shape index (κ1) is 34.0. The van der Waals surface area contributed by atoms with E-state index in [1.165, 1.54) is 28.0 Å². The van der Waals surface area contributed by atoms with E-state index in [0.29, 0.717) is 0 Å². The molecule has 5 amide bonds. The highest BCUT2D eigenvalue weighted by Crippen LogP contribution is 2.12. The normalized spacial score (nSPS) is 13.1. The number of carbonyl (C=O) groups is 5. The fourth-order valence-corrected chi connectivity index (χ4v) is 4.55. The number of nitrogens with one attached hydrogen (secondary N) is 4. The van der Waals surface area contributed by atoms with Crippen LogP contribution in [0.5, 0.6) is 0 Å². The molecular formula is C33H37N7O7. The number of hydrogen-bond acceptors (Lipinski definition) is 8. The fraction of sp³-hybridized carbons (Fsp3) is 0.273. The van der Waals surface area contributed by atoms with E-state index in [9.17, 15) is 24.0 Å². The summed E-state index contributed by atoms with van der Waals surface area (Å²) in [5, 5.41) is 15.5. The number of amides is 5. The van der Waals surface area contributed by atoms with Gasteiger partial charge in [-0.15, -0.1) is 0 Å². The van der Waals surface area contributed by atoms with Gasteiger partial charge in [-0.1, -0.05) is 66.7 Å². The zero-order valence-corrected chi connectivity index (χ0v) is 25.6. The van der Waals surface area contributed by atoms with Crippen molar-refractivity contribution in [3.63, 3.8) is 0 Å². The fourth-order valence-electron chi connectivity index (χ4n) is 4.55. The Labute approximate surface area is 271 Å². The lowest BCUT2D eigenvalue weighted by Crippen LogP contribution is -2.58. The van der Waals surface area contributed by atoms with Gasteiger partial charge in [0.25, 0.3) is 11.8 Å². The van der Waals surface area contributed by atoms with Crippen molar-refractivity contribution < 1.29 is 33.4 Å². The van der Waals surface area contributed by atoms with Crippen LogP contribution in [-0.4, -0.2) is 84.3 Å². The van der Waals surface area contributed by atoms with Gasteiger partial charge in [-0.05, 0) is 29.3 Å². The summed E-state index contributed by atoms with van der Waals surface area (Å²) in [7, 11) is 0. The van der Waals surface area contributed by atoms with E-state index in [1.807, 2.05) is 60.7 Å². The number of ether oxygens (including phenoxy) is 2. The van der Waals surface area contributed by atoms with E-state index >= 15 is 0 Å². The van der Waals surface area contributed by atoms with Crippen molar-refractivity contribution in [2.24, 2.45) is 5.73 Å². The van der Waals surface area contributed by atoms with Gasteiger partial charge >= 0.3 is 18.1 Å². The molecule has 3 aromatic rings. The average molecular weight is 644 g/mol. The number of hydrogen-bond donors (Lipinski definition) is 5. The Morgan fingerprint density at radius 2 is 1.38 bits per heavy atom. The third-order valence-electron chi connectivity index (χ3n) is 7.12. The SMILES string of the molecule is N=C(N)C(NC(=O)N1CCN(C(=O)OCc2ccccc2)CC1)C(=O)Nc1cccc(C(=O)NCCC(=O)OCc2ccccc2)c1. The van der Waals surface area contributed by atoms with Crippen LogP contribution in [0.4, 0.5) is 15.3 Å². The quantitative estimate of drug-likeness (QED) is 0.113. The van der Waals surface area contributed by atoms with Crippen molar-refractivity contribution in [2.75, 3.05) is 38.0 Å². The largest absolute Gasteiger partial charge is 0.461 e. The summed E-state index contributed by atoms with van der Waals surface area (Å²) < 4.78 is 10.6. The molecule has 47 heavy (non-hydrogen) atoms. The topological polar surface area (TPSA) is 196 Å². The van der Waals surface area contributed by atoms with E-state index in [-0.39, 0.29) is 63.6 Å². The standard InChI is InChI=1S/C33H37N7O7/c34-29(35)28(38-32(44)39-16-18-40(19-17-39)33(45)47-22-24-10-5-2-6-11-24)31(43)37-26-13-7-12-25(20-26)30(42)36-15-14-27(41)46-21-23-8-3-1-4-9-23/h1-13,20,28H,14-19,21-22H2,(H3,34,35)(H,36,42)(H,37,43)(H,38,44). The van der Waals surface area contributed by atoms with Crippen LogP contribution in [0, 0.1) is 5.41 Å². The van der Waals surface area contributed by atoms with Crippen LogP contribution < -0.4 is 21.7 Å². The minimum Gasteiger partial charge on any atom is -0.461 e. The molecule has 1 heterocycles. The lowest BCUT2D eigenvalue weighted by atomic mass is 10.1. The Morgan fingerprint density at radius 3 is 2.00 bits per heavy atom. The number of carbonyl (C=O) groups excluding carboxylic acids is 5.